The van der Waals surface area contributed by atoms with Crippen LogP contribution >= 0.6 is 0 Å². The van der Waals surface area contributed by atoms with Crippen LogP contribution in [-0.4, -0.2) is 51.9 Å². The van der Waals surface area contributed by atoms with E-state index in [1.54, 1.807) is 38.5 Å². The molecule has 0 radical (unpaired) electrons. The molecule has 2 aromatic rings. The Morgan fingerprint density at radius 3 is 2.79 bits per heavy atom. The van der Waals surface area contributed by atoms with Crippen molar-refractivity contribution in [2.45, 2.75) is 0 Å². The molecule has 0 aromatic carbocycles. The average Bonchev–Trinajstić information content (AvgIpc) is 2.73. The Morgan fingerprint density at radius 1 is 1.42 bits per heavy atom. The van der Waals surface area contributed by atoms with Crippen LogP contribution in [0.3, 0.4) is 0 Å². The minimum atomic E-state index is -1.10. The van der Waals surface area contributed by atoms with Gasteiger partial charge >= 0.3 is 5.97 Å². The number of carboxylic acids is 1. The van der Waals surface area contributed by atoms with Crippen LogP contribution in [0.5, 0.6) is 0 Å². The van der Waals surface area contributed by atoms with Crippen LogP contribution in [0.25, 0.3) is 5.65 Å². The third-order valence-electron chi connectivity index (χ3n) is 2.64. The van der Waals surface area contributed by atoms with Crippen molar-refractivity contribution in [2.24, 2.45) is 0 Å². The zero-order chi connectivity index (χ0) is 14.0. The van der Waals surface area contributed by atoms with E-state index in [-0.39, 0.29) is 24.0 Å². The number of amides is 1. The van der Waals surface area contributed by atoms with Gasteiger partial charge in [0.25, 0.3) is 0 Å². The van der Waals surface area contributed by atoms with Gasteiger partial charge in [-0.15, -0.1) is 0 Å². The van der Waals surface area contributed by atoms with E-state index >= 15 is 0 Å². The highest BCUT2D eigenvalue weighted by molar-refractivity contribution is 5.93. The van der Waals surface area contributed by atoms with Crippen molar-refractivity contribution in [3.8, 4) is 0 Å². The van der Waals surface area contributed by atoms with Crippen LogP contribution in [0.15, 0.2) is 24.4 Å². The molecule has 0 atom stereocenters. The molecule has 0 aliphatic heterocycles. The monoisotopic (exact) mass is 262 g/mol. The van der Waals surface area contributed by atoms with E-state index < -0.39 is 5.97 Å². The van der Waals surface area contributed by atoms with Gasteiger partial charge in [-0.2, -0.15) is 0 Å². The van der Waals surface area contributed by atoms with Gasteiger partial charge in [-0.1, -0.05) is 6.07 Å². The summed E-state index contributed by atoms with van der Waals surface area (Å²) in [6.07, 6.45) is 1.62. The van der Waals surface area contributed by atoms with Crippen LogP contribution in [-0.2, 0) is 4.79 Å². The summed E-state index contributed by atoms with van der Waals surface area (Å²) in [4.78, 5) is 28.4. The second-order valence-corrected chi connectivity index (χ2v) is 4.18. The number of fused-ring (bicyclic) bond motifs is 1. The maximum Gasteiger partial charge on any atom is 0.356 e. The van der Waals surface area contributed by atoms with E-state index in [2.05, 4.69) is 10.3 Å². The number of likely N-dealkylation sites (N-methyl/N-ethyl adjacent to an activating group) is 1. The molecule has 0 bridgehead atoms. The zero-order valence-corrected chi connectivity index (χ0v) is 10.6. The molecule has 100 valence electrons. The number of nitrogens with zero attached hydrogens (tertiary/aromatic N) is 3. The van der Waals surface area contributed by atoms with Gasteiger partial charge < -0.3 is 15.3 Å². The third-order valence-corrected chi connectivity index (χ3v) is 2.64. The third kappa shape index (κ3) is 2.49. The maximum absolute atomic E-state index is 11.5. The number of hydrogen-bond donors (Lipinski definition) is 2. The molecule has 0 aliphatic carbocycles. The van der Waals surface area contributed by atoms with Gasteiger partial charge in [0.05, 0.1) is 6.54 Å². The van der Waals surface area contributed by atoms with E-state index in [1.165, 1.54) is 9.30 Å². The number of aromatic carboxylic acids is 1. The number of carbonyl (C=O) groups is 2. The molecule has 2 aromatic heterocycles. The fourth-order valence-electron chi connectivity index (χ4n) is 1.64. The van der Waals surface area contributed by atoms with Crippen molar-refractivity contribution >= 4 is 23.3 Å². The number of pyridine rings is 1. The Labute approximate surface area is 109 Å². The SMILES string of the molecule is CN(C)C(=O)CNc1nc2ccccn2c1C(=O)O. The predicted molar refractivity (Wildman–Crippen MR) is 69.3 cm³/mol. The lowest BCUT2D eigenvalue weighted by Crippen LogP contribution is -2.29. The summed E-state index contributed by atoms with van der Waals surface area (Å²) in [5.74, 6) is -1.07. The highest BCUT2D eigenvalue weighted by Crippen LogP contribution is 2.17. The zero-order valence-electron chi connectivity index (χ0n) is 10.6. The number of nitrogens with one attached hydrogen (secondary N) is 1. The standard InChI is InChI=1S/C12H14N4O3/c1-15(2)9(17)7-13-11-10(12(18)19)16-6-4-3-5-8(16)14-11/h3-6,13H,7H2,1-2H3,(H,18,19). The fraction of sp³-hybridized carbons (Fsp3) is 0.250. The summed E-state index contributed by atoms with van der Waals surface area (Å²) in [5.41, 5.74) is 0.529. The van der Waals surface area contributed by atoms with Crippen molar-refractivity contribution in [1.82, 2.24) is 14.3 Å². The van der Waals surface area contributed by atoms with Crippen LogP contribution in [0, 0.1) is 0 Å². The molecule has 2 rings (SSSR count). The first-order chi connectivity index (χ1) is 9.00. The Kier molecular flexibility index (Phi) is 3.37. The lowest BCUT2D eigenvalue weighted by molar-refractivity contribution is -0.126. The number of imidazole rings is 1. The summed E-state index contributed by atoms with van der Waals surface area (Å²) in [6, 6.07) is 5.18. The number of rotatable bonds is 4. The molecule has 0 saturated carbocycles. The second kappa shape index (κ2) is 4.97. The molecular weight excluding hydrogens is 248 g/mol. The Morgan fingerprint density at radius 2 is 2.16 bits per heavy atom. The predicted octanol–water partition coefficient (Wildman–Crippen LogP) is 0.533. The van der Waals surface area contributed by atoms with E-state index in [0.29, 0.717) is 5.65 Å². The lowest BCUT2D eigenvalue weighted by atomic mass is 10.4. The second-order valence-electron chi connectivity index (χ2n) is 4.18. The molecule has 0 aliphatic rings. The minimum absolute atomic E-state index is 0.00282. The number of anilines is 1. The molecule has 0 saturated heterocycles. The van der Waals surface area contributed by atoms with Crippen LogP contribution in [0.1, 0.15) is 10.5 Å². The summed E-state index contributed by atoms with van der Waals surface area (Å²) in [6.45, 7) is -0.00282. The summed E-state index contributed by atoms with van der Waals surface area (Å²) in [7, 11) is 3.26. The van der Waals surface area contributed by atoms with Gasteiger partial charge in [0.1, 0.15) is 5.65 Å². The van der Waals surface area contributed by atoms with E-state index in [0.717, 1.165) is 0 Å². The fourth-order valence-corrected chi connectivity index (χ4v) is 1.64. The topological polar surface area (TPSA) is 86.9 Å². The van der Waals surface area contributed by atoms with Crippen LogP contribution < -0.4 is 5.32 Å². The van der Waals surface area contributed by atoms with Gasteiger partial charge in [-0.05, 0) is 12.1 Å². The molecular formula is C12H14N4O3. The molecule has 7 nitrogen and oxygen atoms in total. The summed E-state index contributed by atoms with van der Waals surface area (Å²) < 4.78 is 1.46. The normalized spacial score (nSPS) is 10.4. The van der Waals surface area contributed by atoms with Crippen LogP contribution in [0.2, 0.25) is 0 Å². The Balaban J connectivity index is 2.34. The summed E-state index contributed by atoms with van der Waals surface area (Å²) in [5, 5.41) is 12.0. The highest BCUT2D eigenvalue weighted by atomic mass is 16.4. The van der Waals surface area contributed by atoms with Crippen molar-refractivity contribution in [3.05, 3.63) is 30.1 Å². The quantitative estimate of drug-likeness (QED) is 0.839. The van der Waals surface area contributed by atoms with Crippen molar-refractivity contribution < 1.29 is 14.7 Å². The maximum atomic E-state index is 11.5. The minimum Gasteiger partial charge on any atom is -0.476 e. The molecule has 2 heterocycles. The van der Waals surface area contributed by atoms with Crippen LogP contribution in [0.4, 0.5) is 5.82 Å². The van der Waals surface area contributed by atoms with E-state index in [9.17, 15) is 14.7 Å². The molecule has 0 unspecified atom stereocenters. The van der Waals surface area contributed by atoms with E-state index in [4.69, 9.17) is 0 Å². The first-order valence-corrected chi connectivity index (χ1v) is 5.65. The van der Waals surface area contributed by atoms with Crippen molar-refractivity contribution in [3.63, 3.8) is 0 Å². The number of carbonyl (C=O) groups excluding carboxylic acids is 1. The Bertz CT molecular complexity index is 633. The number of hydrogen-bond acceptors (Lipinski definition) is 4. The molecule has 1 amide bonds. The molecule has 19 heavy (non-hydrogen) atoms. The molecule has 0 spiro atoms. The first-order valence-electron chi connectivity index (χ1n) is 5.65. The van der Waals surface area contributed by atoms with Gasteiger partial charge in [0.15, 0.2) is 11.5 Å². The lowest BCUT2D eigenvalue weighted by Gasteiger charge is -2.10. The smallest absolute Gasteiger partial charge is 0.356 e. The van der Waals surface area contributed by atoms with Gasteiger partial charge in [0, 0.05) is 20.3 Å². The Hall–Kier alpha value is -2.57. The van der Waals surface area contributed by atoms with Gasteiger partial charge in [-0.3, -0.25) is 9.20 Å². The van der Waals surface area contributed by atoms with Crippen molar-refractivity contribution in [1.29, 1.82) is 0 Å². The van der Waals surface area contributed by atoms with E-state index in [1.807, 2.05) is 0 Å². The molecule has 0 fully saturated rings. The first kappa shape index (κ1) is 12.9. The number of aromatic nitrogens is 2. The number of carboxylic acid groups (broad SMARTS) is 1. The molecule has 7 heteroatoms. The van der Waals surface area contributed by atoms with Crippen molar-refractivity contribution in [2.75, 3.05) is 26.0 Å². The van der Waals surface area contributed by atoms with Gasteiger partial charge in [0.2, 0.25) is 5.91 Å². The molecule has 2 N–H and O–H groups in total. The van der Waals surface area contributed by atoms with Gasteiger partial charge in [-0.25, -0.2) is 9.78 Å². The largest absolute Gasteiger partial charge is 0.476 e. The highest BCUT2D eigenvalue weighted by Gasteiger charge is 2.18. The summed E-state index contributed by atoms with van der Waals surface area (Å²) >= 11 is 0. The average molecular weight is 262 g/mol.